The molecule has 0 saturated carbocycles. The van der Waals surface area contributed by atoms with Crippen LogP contribution < -0.4 is 5.32 Å². The SMILES string of the molecule is Cc1nc2ccccc2nc1CNC(=O)c1ccco1. The van der Waals surface area contributed by atoms with Crippen LogP contribution in [0.25, 0.3) is 11.0 Å². The number of rotatable bonds is 3. The average Bonchev–Trinajstić information content (AvgIpc) is 2.99. The summed E-state index contributed by atoms with van der Waals surface area (Å²) in [5, 5.41) is 2.77. The van der Waals surface area contributed by atoms with Crippen LogP contribution >= 0.6 is 0 Å². The minimum Gasteiger partial charge on any atom is -0.459 e. The molecule has 0 fully saturated rings. The molecule has 20 heavy (non-hydrogen) atoms. The summed E-state index contributed by atoms with van der Waals surface area (Å²) >= 11 is 0. The fourth-order valence-corrected chi connectivity index (χ4v) is 1.95. The number of carbonyl (C=O) groups is 1. The zero-order valence-electron chi connectivity index (χ0n) is 11.0. The van der Waals surface area contributed by atoms with Gasteiger partial charge in [0, 0.05) is 0 Å². The van der Waals surface area contributed by atoms with Crippen LogP contribution in [0.2, 0.25) is 0 Å². The summed E-state index contributed by atoms with van der Waals surface area (Å²) in [6, 6.07) is 11.0. The summed E-state index contributed by atoms with van der Waals surface area (Å²) in [7, 11) is 0. The van der Waals surface area contributed by atoms with Crippen molar-refractivity contribution in [1.29, 1.82) is 0 Å². The number of nitrogens with zero attached hydrogens (tertiary/aromatic N) is 2. The average molecular weight is 267 g/mol. The Morgan fingerprint density at radius 1 is 1.15 bits per heavy atom. The van der Waals surface area contributed by atoms with E-state index in [2.05, 4.69) is 15.3 Å². The Hall–Kier alpha value is -2.69. The Balaban J connectivity index is 1.80. The van der Waals surface area contributed by atoms with Gasteiger partial charge in [-0.25, -0.2) is 9.97 Å². The quantitative estimate of drug-likeness (QED) is 0.791. The summed E-state index contributed by atoms with van der Waals surface area (Å²) in [6.07, 6.45) is 1.47. The van der Waals surface area contributed by atoms with Crippen LogP contribution in [0.15, 0.2) is 47.1 Å². The molecule has 1 aromatic carbocycles. The zero-order valence-corrected chi connectivity index (χ0v) is 11.0. The number of carbonyl (C=O) groups excluding carboxylic acids is 1. The van der Waals surface area contributed by atoms with Gasteiger partial charge in [-0.1, -0.05) is 12.1 Å². The molecule has 0 radical (unpaired) electrons. The van der Waals surface area contributed by atoms with Crippen molar-refractivity contribution >= 4 is 16.9 Å². The maximum absolute atomic E-state index is 11.8. The summed E-state index contributed by atoms with van der Waals surface area (Å²) in [5.74, 6) is 0.0285. The largest absolute Gasteiger partial charge is 0.459 e. The van der Waals surface area contributed by atoms with E-state index in [0.717, 1.165) is 22.4 Å². The Morgan fingerprint density at radius 2 is 1.90 bits per heavy atom. The first kappa shape index (κ1) is 12.3. The number of amides is 1. The standard InChI is InChI=1S/C15H13N3O2/c1-10-13(9-16-15(19)14-7-4-8-20-14)18-12-6-3-2-5-11(12)17-10/h2-8H,9H2,1H3,(H,16,19). The first-order chi connectivity index (χ1) is 9.74. The molecule has 5 heteroatoms. The van der Waals surface area contributed by atoms with E-state index in [1.807, 2.05) is 31.2 Å². The molecule has 3 aromatic rings. The fraction of sp³-hybridized carbons (Fsp3) is 0.133. The van der Waals surface area contributed by atoms with Gasteiger partial charge in [0.2, 0.25) is 0 Å². The number of para-hydroxylation sites is 2. The van der Waals surface area contributed by atoms with Gasteiger partial charge < -0.3 is 9.73 Å². The highest BCUT2D eigenvalue weighted by atomic mass is 16.3. The Morgan fingerprint density at radius 3 is 2.60 bits per heavy atom. The van der Waals surface area contributed by atoms with Gasteiger partial charge in [-0.15, -0.1) is 0 Å². The highest BCUT2D eigenvalue weighted by Gasteiger charge is 2.10. The third-order valence-corrected chi connectivity index (χ3v) is 3.00. The van der Waals surface area contributed by atoms with E-state index in [9.17, 15) is 4.79 Å². The fourth-order valence-electron chi connectivity index (χ4n) is 1.95. The second-order valence-corrected chi connectivity index (χ2v) is 4.40. The molecule has 0 saturated heterocycles. The first-order valence-electron chi connectivity index (χ1n) is 6.28. The number of fused-ring (bicyclic) bond motifs is 1. The molecule has 2 aromatic heterocycles. The third kappa shape index (κ3) is 2.38. The lowest BCUT2D eigenvalue weighted by Gasteiger charge is -2.07. The van der Waals surface area contributed by atoms with Gasteiger partial charge in [-0.3, -0.25) is 4.79 Å². The lowest BCUT2D eigenvalue weighted by atomic mass is 10.2. The highest BCUT2D eigenvalue weighted by Crippen LogP contribution is 2.12. The van der Waals surface area contributed by atoms with Gasteiger partial charge in [-0.05, 0) is 31.2 Å². The van der Waals surface area contributed by atoms with Gasteiger partial charge in [-0.2, -0.15) is 0 Å². The van der Waals surface area contributed by atoms with Gasteiger partial charge >= 0.3 is 0 Å². The molecule has 2 heterocycles. The second kappa shape index (κ2) is 5.13. The first-order valence-corrected chi connectivity index (χ1v) is 6.28. The smallest absolute Gasteiger partial charge is 0.287 e. The number of benzene rings is 1. The Bertz CT molecular complexity index is 751. The van der Waals surface area contributed by atoms with Gasteiger partial charge in [0.15, 0.2) is 5.76 Å². The van der Waals surface area contributed by atoms with Crippen LogP contribution in [0.3, 0.4) is 0 Å². The van der Waals surface area contributed by atoms with Crippen molar-refractivity contribution in [1.82, 2.24) is 15.3 Å². The summed E-state index contributed by atoms with van der Waals surface area (Å²) in [5.41, 5.74) is 3.23. The van der Waals surface area contributed by atoms with Crippen molar-refractivity contribution in [2.24, 2.45) is 0 Å². The molecule has 0 aliphatic carbocycles. The summed E-state index contributed by atoms with van der Waals surface area (Å²) in [4.78, 5) is 20.8. The van der Waals surface area contributed by atoms with Crippen LogP contribution in [0, 0.1) is 6.92 Å². The van der Waals surface area contributed by atoms with E-state index in [4.69, 9.17) is 4.42 Å². The lowest BCUT2D eigenvalue weighted by molar-refractivity contribution is 0.0922. The van der Waals surface area contributed by atoms with E-state index in [0.29, 0.717) is 6.54 Å². The number of hydrogen-bond acceptors (Lipinski definition) is 4. The summed E-state index contributed by atoms with van der Waals surface area (Å²) in [6.45, 7) is 2.21. The van der Waals surface area contributed by atoms with E-state index in [1.54, 1.807) is 12.1 Å². The number of nitrogens with one attached hydrogen (secondary N) is 1. The molecule has 100 valence electrons. The normalized spacial score (nSPS) is 10.7. The van der Waals surface area contributed by atoms with Crippen molar-refractivity contribution in [3.8, 4) is 0 Å². The minimum absolute atomic E-state index is 0.260. The third-order valence-electron chi connectivity index (χ3n) is 3.00. The predicted molar refractivity (Wildman–Crippen MR) is 74.2 cm³/mol. The molecule has 0 unspecified atom stereocenters. The van der Waals surface area contributed by atoms with Crippen LogP contribution in [-0.2, 0) is 6.54 Å². The topological polar surface area (TPSA) is 68.0 Å². The highest BCUT2D eigenvalue weighted by molar-refractivity contribution is 5.91. The van der Waals surface area contributed by atoms with Crippen LogP contribution in [0.4, 0.5) is 0 Å². The second-order valence-electron chi connectivity index (χ2n) is 4.40. The van der Waals surface area contributed by atoms with Gasteiger partial charge in [0.05, 0.1) is 35.2 Å². The maximum atomic E-state index is 11.8. The molecule has 0 bridgehead atoms. The molecular weight excluding hydrogens is 254 g/mol. The van der Waals surface area contributed by atoms with Crippen molar-refractivity contribution in [3.05, 3.63) is 59.8 Å². The number of furan rings is 1. The van der Waals surface area contributed by atoms with Crippen molar-refractivity contribution in [3.63, 3.8) is 0 Å². The van der Waals surface area contributed by atoms with Crippen LogP contribution in [0.1, 0.15) is 21.9 Å². The van der Waals surface area contributed by atoms with Crippen LogP contribution in [0.5, 0.6) is 0 Å². The molecule has 1 N–H and O–H groups in total. The molecule has 0 aliphatic rings. The Labute approximate surface area is 115 Å². The van der Waals surface area contributed by atoms with Crippen molar-refractivity contribution in [2.45, 2.75) is 13.5 Å². The molecule has 0 spiro atoms. The molecule has 0 aliphatic heterocycles. The van der Waals surface area contributed by atoms with Crippen molar-refractivity contribution in [2.75, 3.05) is 0 Å². The molecular formula is C15H13N3O2. The number of hydrogen-bond donors (Lipinski definition) is 1. The van der Waals surface area contributed by atoms with Gasteiger partial charge in [0.1, 0.15) is 0 Å². The predicted octanol–water partition coefficient (Wildman–Crippen LogP) is 2.46. The molecule has 1 amide bonds. The van der Waals surface area contributed by atoms with E-state index in [-0.39, 0.29) is 11.7 Å². The number of aromatic nitrogens is 2. The maximum Gasteiger partial charge on any atom is 0.287 e. The van der Waals surface area contributed by atoms with E-state index >= 15 is 0 Å². The van der Waals surface area contributed by atoms with E-state index < -0.39 is 0 Å². The van der Waals surface area contributed by atoms with E-state index in [1.165, 1.54) is 6.26 Å². The van der Waals surface area contributed by atoms with Gasteiger partial charge in [0.25, 0.3) is 5.91 Å². The lowest BCUT2D eigenvalue weighted by Crippen LogP contribution is -2.23. The molecule has 0 atom stereocenters. The monoisotopic (exact) mass is 267 g/mol. The zero-order chi connectivity index (χ0) is 13.9. The van der Waals surface area contributed by atoms with Crippen molar-refractivity contribution < 1.29 is 9.21 Å². The Kier molecular flexibility index (Phi) is 3.16. The minimum atomic E-state index is -0.260. The summed E-state index contributed by atoms with van der Waals surface area (Å²) < 4.78 is 5.04. The molecule has 3 rings (SSSR count). The van der Waals surface area contributed by atoms with Crippen LogP contribution in [-0.4, -0.2) is 15.9 Å². The molecule has 5 nitrogen and oxygen atoms in total. The number of aryl methyl sites for hydroxylation is 1.